The standard InChI is InChI=1S/C10H16F3NO2/c11-10(12,13)5-9(16)14-8-4-2-1-3-7(8)6-15/h7-8,15H,1-6H2,(H,14,16). The zero-order valence-electron chi connectivity index (χ0n) is 8.89. The topological polar surface area (TPSA) is 49.3 Å². The molecule has 1 aliphatic carbocycles. The average Bonchev–Trinajstić information content (AvgIpc) is 2.15. The molecule has 0 aromatic heterocycles. The maximum absolute atomic E-state index is 11.9. The molecule has 1 rings (SSSR count). The number of aliphatic hydroxyl groups excluding tert-OH is 1. The van der Waals surface area contributed by atoms with Crippen LogP contribution in [0.5, 0.6) is 0 Å². The first-order valence-electron chi connectivity index (χ1n) is 5.39. The number of alkyl halides is 3. The summed E-state index contributed by atoms with van der Waals surface area (Å²) in [5.41, 5.74) is 0. The highest BCUT2D eigenvalue weighted by molar-refractivity contribution is 5.76. The Hall–Kier alpha value is -0.780. The van der Waals surface area contributed by atoms with E-state index in [1.54, 1.807) is 0 Å². The van der Waals surface area contributed by atoms with Crippen molar-refractivity contribution < 1.29 is 23.1 Å². The number of aliphatic hydroxyl groups is 1. The van der Waals surface area contributed by atoms with Gasteiger partial charge in [0.05, 0.1) is 0 Å². The molecule has 1 aliphatic rings. The second-order valence-electron chi connectivity index (χ2n) is 4.19. The predicted molar refractivity (Wildman–Crippen MR) is 51.6 cm³/mol. The van der Waals surface area contributed by atoms with Crippen LogP contribution in [0.3, 0.4) is 0 Å². The van der Waals surface area contributed by atoms with E-state index in [1.807, 2.05) is 0 Å². The minimum atomic E-state index is -4.46. The number of carbonyl (C=O) groups excluding carboxylic acids is 1. The van der Waals surface area contributed by atoms with Crippen molar-refractivity contribution >= 4 is 5.91 Å². The van der Waals surface area contributed by atoms with Gasteiger partial charge < -0.3 is 10.4 Å². The molecule has 0 radical (unpaired) electrons. The molecule has 2 atom stereocenters. The van der Waals surface area contributed by atoms with Crippen LogP contribution in [0.15, 0.2) is 0 Å². The van der Waals surface area contributed by atoms with Crippen molar-refractivity contribution in [2.75, 3.05) is 6.61 Å². The Labute approximate surface area is 92.0 Å². The van der Waals surface area contributed by atoms with Gasteiger partial charge >= 0.3 is 6.18 Å². The van der Waals surface area contributed by atoms with Crippen LogP contribution in [0.1, 0.15) is 32.1 Å². The summed E-state index contributed by atoms with van der Waals surface area (Å²) in [6.45, 7) is -0.0863. The van der Waals surface area contributed by atoms with Crippen LogP contribution in [0.2, 0.25) is 0 Å². The number of amides is 1. The molecule has 0 saturated heterocycles. The lowest BCUT2D eigenvalue weighted by Crippen LogP contribution is -2.44. The van der Waals surface area contributed by atoms with Crippen LogP contribution < -0.4 is 5.32 Å². The van der Waals surface area contributed by atoms with Crippen LogP contribution >= 0.6 is 0 Å². The fourth-order valence-electron chi connectivity index (χ4n) is 2.06. The Morgan fingerprint density at radius 3 is 2.50 bits per heavy atom. The molecule has 1 saturated carbocycles. The Balaban J connectivity index is 2.42. The number of halogens is 3. The van der Waals surface area contributed by atoms with E-state index in [0.29, 0.717) is 6.42 Å². The highest BCUT2D eigenvalue weighted by Gasteiger charge is 2.33. The number of nitrogens with one attached hydrogen (secondary N) is 1. The zero-order chi connectivity index (χ0) is 12.2. The second kappa shape index (κ2) is 5.52. The molecular weight excluding hydrogens is 223 g/mol. The molecule has 0 heterocycles. The Morgan fingerprint density at radius 1 is 1.31 bits per heavy atom. The van der Waals surface area contributed by atoms with Gasteiger partial charge in [-0.2, -0.15) is 13.2 Å². The van der Waals surface area contributed by atoms with Gasteiger partial charge in [0.15, 0.2) is 0 Å². The van der Waals surface area contributed by atoms with Crippen LogP contribution in [0.4, 0.5) is 13.2 Å². The van der Waals surface area contributed by atoms with Gasteiger partial charge in [0.2, 0.25) is 5.91 Å². The average molecular weight is 239 g/mol. The predicted octanol–water partition coefficient (Wildman–Crippen LogP) is 1.61. The van der Waals surface area contributed by atoms with Crippen molar-refractivity contribution in [1.82, 2.24) is 5.32 Å². The SMILES string of the molecule is O=C(CC(F)(F)F)NC1CCCCC1CO. The lowest BCUT2D eigenvalue weighted by Gasteiger charge is -2.30. The van der Waals surface area contributed by atoms with Gasteiger partial charge in [-0.15, -0.1) is 0 Å². The quantitative estimate of drug-likeness (QED) is 0.786. The molecule has 3 nitrogen and oxygen atoms in total. The van der Waals surface area contributed by atoms with Gasteiger partial charge in [0.25, 0.3) is 0 Å². The first-order valence-corrected chi connectivity index (χ1v) is 5.39. The lowest BCUT2D eigenvalue weighted by atomic mass is 9.85. The number of rotatable bonds is 3. The lowest BCUT2D eigenvalue weighted by molar-refractivity contribution is -0.154. The third-order valence-corrected chi connectivity index (χ3v) is 2.85. The maximum Gasteiger partial charge on any atom is 0.397 e. The molecule has 0 aromatic carbocycles. The Kier molecular flexibility index (Phi) is 4.58. The van der Waals surface area contributed by atoms with Crippen LogP contribution in [-0.4, -0.2) is 29.8 Å². The van der Waals surface area contributed by atoms with E-state index in [-0.39, 0.29) is 18.6 Å². The van der Waals surface area contributed by atoms with Gasteiger partial charge in [-0.1, -0.05) is 12.8 Å². The fraction of sp³-hybridized carbons (Fsp3) is 0.900. The second-order valence-corrected chi connectivity index (χ2v) is 4.19. The molecule has 94 valence electrons. The first kappa shape index (κ1) is 13.3. The molecule has 0 aliphatic heterocycles. The molecule has 1 amide bonds. The number of hydrogen-bond acceptors (Lipinski definition) is 2. The molecular formula is C10H16F3NO2. The molecule has 0 aromatic rings. The number of carbonyl (C=O) groups is 1. The summed E-state index contributed by atoms with van der Waals surface area (Å²) in [6, 6.07) is -0.311. The summed E-state index contributed by atoms with van der Waals surface area (Å²) in [4.78, 5) is 11.1. The summed E-state index contributed by atoms with van der Waals surface area (Å²) in [5.74, 6) is -1.11. The Bertz CT molecular complexity index is 243. The van der Waals surface area contributed by atoms with E-state index in [0.717, 1.165) is 19.3 Å². The van der Waals surface area contributed by atoms with E-state index in [1.165, 1.54) is 0 Å². The number of hydrogen-bond donors (Lipinski definition) is 2. The molecule has 2 N–H and O–H groups in total. The van der Waals surface area contributed by atoms with Crippen molar-refractivity contribution in [3.8, 4) is 0 Å². The molecule has 2 unspecified atom stereocenters. The van der Waals surface area contributed by atoms with E-state index < -0.39 is 18.5 Å². The fourth-order valence-corrected chi connectivity index (χ4v) is 2.06. The van der Waals surface area contributed by atoms with Crippen molar-refractivity contribution in [1.29, 1.82) is 0 Å². The van der Waals surface area contributed by atoms with Crippen LogP contribution in [0.25, 0.3) is 0 Å². The van der Waals surface area contributed by atoms with E-state index >= 15 is 0 Å². The van der Waals surface area contributed by atoms with E-state index in [2.05, 4.69) is 5.32 Å². The largest absolute Gasteiger partial charge is 0.397 e. The summed E-state index contributed by atoms with van der Waals surface area (Å²) in [7, 11) is 0. The normalized spacial score (nSPS) is 26.5. The minimum absolute atomic E-state index is 0.0863. The highest BCUT2D eigenvalue weighted by atomic mass is 19.4. The monoisotopic (exact) mass is 239 g/mol. The zero-order valence-corrected chi connectivity index (χ0v) is 8.89. The van der Waals surface area contributed by atoms with Crippen LogP contribution in [-0.2, 0) is 4.79 Å². The van der Waals surface area contributed by atoms with Gasteiger partial charge in [0, 0.05) is 18.6 Å². The van der Waals surface area contributed by atoms with Crippen molar-refractivity contribution in [3.05, 3.63) is 0 Å². The first-order chi connectivity index (χ1) is 7.42. The van der Waals surface area contributed by atoms with E-state index in [4.69, 9.17) is 5.11 Å². The summed E-state index contributed by atoms with van der Waals surface area (Å²) in [6.07, 6.45) is -2.66. The van der Waals surface area contributed by atoms with Crippen LogP contribution in [0, 0.1) is 5.92 Å². The third kappa shape index (κ3) is 4.38. The minimum Gasteiger partial charge on any atom is -0.396 e. The van der Waals surface area contributed by atoms with Gasteiger partial charge in [0.1, 0.15) is 6.42 Å². The third-order valence-electron chi connectivity index (χ3n) is 2.85. The van der Waals surface area contributed by atoms with Crippen molar-refractivity contribution in [3.63, 3.8) is 0 Å². The van der Waals surface area contributed by atoms with E-state index in [9.17, 15) is 18.0 Å². The Morgan fingerprint density at radius 2 is 1.94 bits per heavy atom. The van der Waals surface area contributed by atoms with Crippen molar-refractivity contribution in [2.45, 2.75) is 44.3 Å². The highest BCUT2D eigenvalue weighted by Crippen LogP contribution is 2.25. The maximum atomic E-state index is 11.9. The van der Waals surface area contributed by atoms with Gasteiger partial charge in [-0.05, 0) is 12.8 Å². The summed E-state index contributed by atoms with van der Waals surface area (Å²) >= 11 is 0. The smallest absolute Gasteiger partial charge is 0.396 e. The molecule has 0 spiro atoms. The molecule has 16 heavy (non-hydrogen) atoms. The molecule has 6 heteroatoms. The van der Waals surface area contributed by atoms with Crippen molar-refractivity contribution in [2.24, 2.45) is 5.92 Å². The summed E-state index contributed by atoms with van der Waals surface area (Å²) in [5, 5.41) is 11.4. The van der Waals surface area contributed by atoms with Gasteiger partial charge in [-0.25, -0.2) is 0 Å². The van der Waals surface area contributed by atoms with Gasteiger partial charge in [-0.3, -0.25) is 4.79 Å². The molecule has 1 fully saturated rings. The summed E-state index contributed by atoms with van der Waals surface area (Å²) < 4.78 is 35.8. The molecule has 0 bridgehead atoms.